The lowest BCUT2D eigenvalue weighted by molar-refractivity contribution is 0.0447. The molecule has 0 saturated carbocycles. The summed E-state index contributed by atoms with van der Waals surface area (Å²) < 4.78 is 16.0. The maximum absolute atomic E-state index is 11.8. The lowest BCUT2D eigenvalue weighted by Crippen LogP contribution is -2.12. The molecule has 0 unspecified atom stereocenters. The predicted molar refractivity (Wildman–Crippen MR) is 87.8 cm³/mol. The monoisotopic (exact) mass is 332 g/mol. The second-order valence-electron chi connectivity index (χ2n) is 5.01. The molecule has 0 heterocycles. The molecular formula is C18H20O6. The molecule has 6 nitrogen and oxygen atoms in total. The van der Waals surface area contributed by atoms with Gasteiger partial charge in [0.2, 0.25) is 0 Å². The predicted octanol–water partition coefficient (Wildman–Crippen LogP) is 3.12. The fraction of sp³-hybridized carbons (Fsp3) is 0.278. The summed E-state index contributed by atoms with van der Waals surface area (Å²) in [5, 5.41) is 18.8. The normalized spacial score (nSPS) is 10.2. The van der Waals surface area contributed by atoms with Crippen LogP contribution in [-0.2, 0) is 4.74 Å². The van der Waals surface area contributed by atoms with E-state index in [2.05, 4.69) is 0 Å². The van der Waals surface area contributed by atoms with E-state index < -0.39 is 5.97 Å². The Labute approximate surface area is 140 Å². The number of aromatic hydroxyl groups is 2. The lowest BCUT2D eigenvalue weighted by atomic mass is 10.2. The van der Waals surface area contributed by atoms with Crippen LogP contribution in [0.1, 0.15) is 23.7 Å². The summed E-state index contributed by atoms with van der Waals surface area (Å²) in [5.74, 6) is 0.280. The number of rotatable bonds is 8. The molecule has 128 valence electrons. The summed E-state index contributed by atoms with van der Waals surface area (Å²) in [5.41, 5.74) is -0.00905. The van der Waals surface area contributed by atoms with Crippen LogP contribution >= 0.6 is 0 Å². The van der Waals surface area contributed by atoms with Crippen LogP contribution in [0, 0.1) is 0 Å². The third-order valence-electron chi connectivity index (χ3n) is 3.08. The number of phenolic OH excluding ortho intramolecular Hbond substituents is 2. The Kier molecular flexibility index (Phi) is 6.31. The van der Waals surface area contributed by atoms with E-state index in [0.717, 1.165) is 18.2 Å². The van der Waals surface area contributed by atoms with Gasteiger partial charge in [-0.3, -0.25) is 0 Å². The zero-order valence-electron chi connectivity index (χ0n) is 13.4. The molecule has 2 aromatic carbocycles. The van der Waals surface area contributed by atoms with Crippen molar-refractivity contribution >= 4 is 5.97 Å². The van der Waals surface area contributed by atoms with Crippen LogP contribution in [0.3, 0.4) is 0 Å². The fourth-order valence-electron chi connectivity index (χ4n) is 1.92. The molecule has 0 aromatic heterocycles. The van der Waals surface area contributed by atoms with Crippen molar-refractivity contribution in [3.8, 4) is 23.0 Å². The average Bonchev–Trinajstić information content (AvgIpc) is 2.57. The first-order valence-corrected chi connectivity index (χ1v) is 7.65. The molecule has 0 aliphatic rings. The highest BCUT2D eigenvalue weighted by atomic mass is 16.6. The van der Waals surface area contributed by atoms with E-state index in [9.17, 15) is 15.0 Å². The molecule has 0 amide bonds. The molecule has 0 spiro atoms. The van der Waals surface area contributed by atoms with Crippen LogP contribution < -0.4 is 9.47 Å². The van der Waals surface area contributed by atoms with Gasteiger partial charge in [0.15, 0.2) is 0 Å². The summed E-state index contributed by atoms with van der Waals surface area (Å²) in [6.07, 6.45) is 0.945. The number of esters is 1. The van der Waals surface area contributed by atoms with Gasteiger partial charge in [0.25, 0.3) is 0 Å². The maximum Gasteiger partial charge on any atom is 0.342 e. The summed E-state index contributed by atoms with van der Waals surface area (Å²) in [4.78, 5) is 11.8. The van der Waals surface area contributed by atoms with Crippen molar-refractivity contribution in [2.75, 3.05) is 19.8 Å². The minimum atomic E-state index is -0.681. The van der Waals surface area contributed by atoms with Crippen molar-refractivity contribution < 1.29 is 29.2 Å². The zero-order valence-corrected chi connectivity index (χ0v) is 13.4. The van der Waals surface area contributed by atoms with Crippen molar-refractivity contribution in [2.24, 2.45) is 0 Å². The van der Waals surface area contributed by atoms with Gasteiger partial charge in [0, 0.05) is 6.07 Å². The van der Waals surface area contributed by atoms with Gasteiger partial charge in [-0.05, 0) is 42.8 Å². The van der Waals surface area contributed by atoms with E-state index in [1.165, 1.54) is 12.1 Å². The number of ether oxygens (including phenoxy) is 3. The molecule has 0 bridgehead atoms. The van der Waals surface area contributed by atoms with Crippen LogP contribution in [0.5, 0.6) is 23.0 Å². The second-order valence-corrected chi connectivity index (χ2v) is 5.01. The first kappa shape index (κ1) is 17.5. The van der Waals surface area contributed by atoms with Crippen LogP contribution in [0.4, 0.5) is 0 Å². The Balaban J connectivity index is 1.75. The Morgan fingerprint density at radius 3 is 2.12 bits per heavy atom. The molecule has 6 heteroatoms. The van der Waals surface area contributed by atoms with E-state index in [1.54, 1.807) is 12.1 Å². The Hall–Kier alpha value is -2.89. The SMILES string of the molecule is CCCOc1ccc(OCCOC(=O)c2ccc(O)cc2O)cc1. The van der Waals surface area contributed by atoms with Crippen LogP contribution in [0.2, 0.25) is 0 Å². The molecule has 0 fully saturated rings. The zero-order chi connectivity index (χ0) is 17.4. The first-order chi connectivity index (χ1) is 11.6. The highest BCUT2D eigenvalue weighted by Crippen LogP contribution is 2.23. The van der Waals surface area contributed by atoms with Crippen molar-refractivity contribution in [3.05, 3.63) is 48.0 Å². The van der Waals surface area contributed by atoms with Crippen LogP contribution in [0.15, 0.2) is 42.5 Å². The van der Waals surface area contributed by atoms with Gasteiger partial charge < -0.3 is 24.4 Å². The largest absolute Gasteiger partial charge is 0.508 e. The number of hydrogen-bond donors (Lipinski definition) is 2. The summed E-state index contributed by atoms with van der Waals surface area (Å²) in [6.45, 7) is 2.92. The van der Waals surface area contributed by atoms with Gasteiger partial charge in [0.1, 0.15) is 41.8 Å². The molecule has 0 atom stereocenters. The van der Waals surface area contributed by atoms with Crippen molar-refractivity contribution in [2.45, 2.75) is 13.3 Å². The van der Waals surface area contributed by atoms with E-state index in [0.29, 0.717) is 12.4 Å². The Morgan fingerprint density at radius 1 is 0.917 bits per heavy atom. The Morgan fingerprint density at radius 2 is 1.54 bits per heavy atom. The molecule has 0 aliphatic heterocycles. The van der Waals surface area contributed by atoms with E-state index in [4.69, 9.17) is 14.2 Å². The Bertz CT molecular complexity index is 666. The van der Waals surface area contributed by atoms with E-state index >= 15 is 0 Å². The molecule has 2 N–H and O–H groups in total. The molecule has 24 heavy (non-hydrogen) atoms. The molecule has 2 rings (SSSR count). The van der Waals surface area contributed by atoms with Crippen LogP contribution in [-0.4, -0.2) is 36.0 Å². The summed E-state index contributed by atoms with van der Waals surface area (Å²) in [6, 6.07) is 10.8. The molecule has 0 radical (unpaired) electrons. The van der Waals surface area contributed by atoms with Gasteiger partial charge in [-0.1, -0.05) is 6.92 Å². The van der Waals surface area contributed by atoms with Gasteiger partial charge >= 0.3 is 5.97 Å². The van der Waals surface area contributed by atoms with Gasteiger partial charge in [-0.15, -0.1) is 0 Å². The smallest absolute Gasteiger partial charge is 0.342 e. The van der Waals surface area contributed by atoms with Crippen LogP contribution in [0.25, 0.3) is 0 Å². The second kappa shape index (κ2) is 8.67. The van der Waals surface area contributed by atoms with E-state index in [1.807, 2.05) is 19.1 Å². The van der Waals surface area contributed by atoms with Crippen molar-refractivity contribution in [1.82, 2.24) is 0 Å². The topological polar surface area (TPSA) is 85.2 Å². The minimum absolute atomic E-state index is 0.00905. The summed E-state index contributed by atoms with van der Waals surface area (Å²) in [7, 11) is 0. The van der Waals surface area contributed by atoms with Crippen molar-refractivity contribution in [3.63, 3.8) is 0 Å². The molecule has 0 aliphatic carbocycles. The quantitative estimate of drug-likeness (QED) is 0.571. The van der Waals surface area contributed by atoms with Gasteiger partial charge in [-0.2, -0.15) is 0 Å². The third kappa shape index (κ3) is 5.08. The highest BCUT2D eigenvalue weighted by molar-refractivity contribution is 5.92. The standard InChI is InChI=1S/C18H20O6/c1-2-9-22-14-4-6-15(7-5-14)23-10-11-24-18(21)16-8-3-13(19)12-17(16)20/h3-8,12,19-20H,2,9-11H2,1H3. The van der Waals surface area contributed by atoms with Gasteiger partial charge in [-0.25, -0.2) is 4.79 Å². The maximum atomic E-state index is 11.8. The number of carbonyl (C=O) groups excluding carboxylic acids is 1. The number of hydrogen-bond acceptors (Lipinski definition) is 6. The average molecular weight is 332 g/mol. The number of phenols is 2. The van der Waals surface area contributed by atoms with E-state index in [-0.39, 0.29) is 30.3 Å². The molecule has 0 saturated heterocycles. The fourth-order valence-corrected chi connectivity index (χ4v) is 1.92. The van der Waals surface area contributed by atoms with Gasteiger partial charge in [0.05, 0.1) is 6.61 Å². The number of benzene rings is 2. The lowest BCUT2D eigenvalue weighted by Gasteiger charge is -2.09. The first-order valence-electron chi connectivity index (χ1n) is 7.65. The number of carbonyl (C=O) groups is 1. The molecular weight excluding hydrogens is 312 g/mol. The third-order valence-corrected chi connectivity index (χ3v) is 3.08. The highest BCUT2D eigenvalue weighted by Gasteiger charge is 2.12. The van der Waals surface area contributed by atoms with Crippen molar-refractivity contribution in [1.29, 1.82) is 0 Å². The molecule has 2 aromatic rings. The minimum Gasteiger partial charge on any atom is -0.508 e. The summed E-state index contributed by atoms with van der Waals surface area (Å²) >= 11 is 0.